The van der Waals surface area contributed by atoms with Gasteiger partial charge in [0.05, 0.1) is 0 Å². The average Bonchev–Trinajstić information content (AvgIpc) is 2.99. The Morgan fingerprint density at radius 1 is 0.690 bits per heavy atom. The van der Waals surface area contributed by atoms with Crippen LogP contribution in [0.1, 0.15) is 23.1 Å². The van der Waals surface area contributed by atoms with Gasteiger partial charge in [-0.1, -0.05) is 42.5 Å². The lowest BCUT2D eigenvalue weighted by atomic mass is 9.94. The van der Waals surface area contributed by atoms with Gasteiger partial charge in [-0.2, -0.15) is 0 Å². The van der Waals surface area contributed by atoms with Gasteiger partial charge < -0.3 is 9.80 Å². The van der Waals surface area contributed by atoms with Crippen molar-refractivity contribution < 1.29 is 27.2 Å². The minimum absolute atomic E-state index is 0.00334. The lowest BCUT2D eigenvalue weighted by molar-refractivity contribution is -0.131. The molecule has 218 valence electrons. The number of likely N-dealkylation sites (tertiary alicyclic amines) is 1. The van der Waals surface area contributed by atoms with Crippen molar-refractivity contribution in [2.24, 2.45) is 0 Å². The van der Waals surface area contributed by atoms with Crippen LogP contribution in [0.15, 0.2) is 77.9 Å². The number of benzene rings is 3. The molecule has 9 heteroatoms. The van der Waals surface area contributed by atoms with Crippen LogP contribution in [0.3, 0.4) is 0 Å². The fraction of sp³-hybridized carbons (Fsp3) is 0.273. The average molecular weight is 578 g/mol. The van der Waals surface area contributed by atoms with Crippen LogP contribution in [0.25, 0.3) is 12.2 Å². The molecule has 0 N–H and O–H groups in total. The molecule has 0 spiro atoms. The topological polar surface area (TPSA) is 43.9 Å². The molecule has 0 radical (unpaired) electrons. The van der Waals surface area contributed by atoms with Gasteiger partial charge in [0.25, 0.3) is 0 Å². The van der Waals surface area contributed by atoms with E-state index < -0.39 is 29.1 Å². The number of nitrogens with zero attached hydrogens (tertiary/aromatic N) is 3. The molecule has 0 saturated carbocycles. The largest absolute Gasteiger partial charge is 0.334 e. The predicted octanol–water partition coefficient (Wildman–Crippen LogP) is 5.33. The van der Waals surface area contributed by atoms with Crippen molar-refractivity contribution in [2.75, 3.05) is 45.8 Å². The molecule has 2 saturated heterocycles. The molecule has 2 aliphatic heterocycles. The first-order valence-electron chi connectivity index (χ1n) is 13.9. The second-order valence-electron chi connectivity index (χ2n) is 10.6. The number of ketones is 1. The van der Waals surface area contributed by atoms with E-state index in [0.29, 0.717) is 6.54 Å². The molecule has 3 aromatic carbocycles. The van der Waals surface area contributed by atoms with Gasteiger partial charge >= 0.3 is 0 Å². The van der Waals surface area contributed by atoms with E-state index in [1.807, 2.05) is 18.2 Å². The van der Waals surface area contributed by atoms with Crippen LogP contribution in [0, 0.1) is 23.3 Å². The molecule has 2 heterocycles. The van der Waals surface area contributed by atoms with Crippen LogP contribution >= 0.6 is 0 Å². The lowest BCUT2D eigenvalue weighted by Crippen LogP contribution is -2.47. The minimum atomic E-state index is -1.05. The van der Waals surface area contributed by atoms with E-state index in [9.17, 15) is 27.2 Å². The van der Waals surface area contributed by atoms with E-state index in [-0.39, 0.29) is 47.7 Å². The third-order valence-corrected chi connectivity index (χ3v) is 7.58. The maximum absolute atomic E-state index is 13.8. The fourth-order valence-corrected chi connectivity index (χ4v) is 5.25. The maximum atomic E-state index is 13.8. The lowest BCUT2D eigenvalue weighted by Gasteiger charge is -2.35. The number of halogens is 4. The van der Waals surface area contributed by atoms with Crippen LogP contribution in [0.2, 0.25) is 0 Å². The van der Waals surface area contributed by atoms with Gasteiger partial charge in [0.2, 0.25) is 5.91 Å². The molecule has 0 atom stereocenters. The minimum Gasteiger partial charge on any atom is -0.334 e. The van der Waals surface area contributed by atoms with Crippen molar-refractivity contribution in [1.82, 2.24) is 14.7 Å². The number of Topliss-reactive ketones (excluding diaryl/α,β-unsaturated/α-hetero) is 1. The zero-order valence-corrected chi connectivity index (χ0v) is 23.0. The first-order chi connectivity index (χ1) is 20.2. The van der Waals surface area contributed by atoms with Crippen molar-refractivity contribution in [3.8, 4) is 0 Å². The Labute approximate surface area is 242 Å². The number of piperidine rings is 1. The Hall–Kier alpha value is -4.08. The van der Waals surface area contributed by atoms with Crippen LogP contribution in [-0.2, 0) is 16.1 Å². The molecule has 2 fully saturated rings. The number of amides is 1. The first kappa shape index (κ1) is 29.4. The summed E-state index contributed by atoms with van der Waals surface area (Å²) in [7, 11) is 0. The summed E-state index contributed by atoms with van der Waals surface area (Å²) >= 11 is 0. The molecular formula is C33H31F4N3O2. The summed E-state index contributed by atoms with van der Waals surface area (Å²) in [5, 5.41) is 0. The summed E-state index contributed by atoms with van der Waals surface area (Å²) in [5.41, 5.74) is 2.23. The van der Waals surface area contributed by atoms with Gasteiger partial charge in [0, 0.05) is 69.9 Å². The summed E-state index contributed by atoms with van der Waals surface area (Å²) in [5.74, 6) is -4.69. The van der Waals surface area contributed by atoms with Gasteiger partial charge in [0.15, 0.2) is 29.1 Å². The summed E-state index contributed by atoms with van der Waals surface area (Å²) < 4.78 is 54.6. The summed E-state index contributed by atoms with van der Waals surface area (Å²) in [6.45, 7) is 4.89. The molecule has 5 nitrogen and oxygen atoms in total. The highest BCUT2D eigenvalue weighted by Crippen LogP contribution is 2.24. The normalized spacial score (nSPS) is 18.7. The highest BCUT2D eigenvalue weighted by Gasteiger charge is 2.29. The van der Waals surface area contributed by atoms with Crippen LogP contribution in [0.4, 0.5) is 17.6 Å². The Bertz CT molecular complexity index is 1440. The monoisotopic (exact) mass is 577 g/mol. The van der Waals surface area contributed by atoms with Crippen LogP contribution in [-0.4, -0.2) is 72.2 Å². The van der Waals surface area contributed by atoms with E-state index in [1.165, 1.54) is 34.7 Å². The fourth-order valence-electron chi connectivity index (χ4n) is 5.25. The summed E-state index contributed by atoms with van der Waals surface area (Å²) in [6, 6.07) is 16.9. The van der Waals surface area contributed by atoms with Crippen LogP contribution in [0.5, 0.6) is 0 Å². The molecular weight excluding hydrogens is 546 g/mol. The predicted molar refractivity (Wildman–Crippen MR) is 153 cm³/mol. The number of rotatable bonds is 7. The Balaban J connectivity index is 1.27. The number of piperazine rings is 1. The van der Waals surface area contributed by atoms with Crippen molar-refractivity contribution in [3.63, 3.8) is 0 Å². The highest BCUT2D eigenvalue weighted by atomic mass is 19.2. The quantitative estimate of drug-likeness (QED) is 0.281. The first-order valence-corrected chi connectivity index (χ1v) is 13.9. The smallest absolute Gasteiger partial charge is 0.224 e. The van der Waals surface area contributed by atoms with E-state index >= 15 is 0 Å². The number of hydrogen-bond donors (Lipinski definition) is 0. The van der Waals surface area contributed by atoms with Crippen molar-refractivity contribution in [1.29, 1.82) is 0 Å². The van der Waals surface area contributed by atoms with E-state index in [1.54, 1.807) is 0 Å². The zero-order valence-electron chi connectivity index (χ0n) is 23.0. The molecule has 0 bridgehead atoms. The van der Waals surface area contributed by atoms with Crippen LogP contribution < -0.4 is 0 Å². The molecule has 2 aliphatic rings. The number of carbonyl (C=O) groups is 2. The summed E-state index contributed by atoms with van der Waals surface area (Å²) in [6.07, 6.45) is 3.09. The SMILES string of the molecule is O=C1/C(=C\c2ccc(F)c(F)c2)CN(C(=O)CCN2CCN(Cc3ccccc3)CC2)C/C1=C\c1ccc(F)c(F)c1. The van der Waals surface area contributed by atoms with Gasteiger partial charge in [0.1, 0.15) is 0 Å². The Morgan fingerprint density at radius 2 is 1.21 bits per heavy atom. The molecule has 0 aromatic heterocycles. The van der Waals surface area contributed by atoms with Crippen molar-refractivity contribution >= 4 is 23.8 Å². The summed E-state index contributed by atoms with van der Waals surface area (Å²) in [4.78, 5) is 32.9. The van der Waals surface area contributed by atoms with E-state index in [0.717, 1.165) is 57.0 Å². The Morgan fingerprint density at radius 3 is 1.74 bits per heavy atom. The third kappa shape index (κ3) is 7.40. The second-order valence-corrected chi connectivity index (χ2v) is 10.6. The molecule has 1 amide bonds. The van der Waals surface area contributed by atoms with E-state index in [4.69, 9.17) is 0 Å². The molecule has 3 aromatic rings. The molecule has 42 heavy (non-hydrogen) atoms. The molecule has 5 rings (SSSR count). The van der Waals surface area contributed by atoms with Crippen molar-refractivity contribution in [2.45, 2.75) is 13.0 Å². The Kier molecular flexibility index (Phi) is 9.29. The van der Waals surface area contributed by atoms with Gasteiger partial charge in [-0.25, -0.2) is 17.6 Å². The zero-order chi connectivity index (χ0) is 29.6. The molecule has 0 aliphatic carbocycles. The maximum Gasteiger partial charge on any atom is 0.224 e. The van der Waals surface area contributed by atoms with Gasteiger partial charge in [-0.15, -0.1) is 0 Å². The molecule has 0 unspecified atom stereocenters. The van der Waals surface area contributed by atoms with Crippen molar-refractivity contribution in [3.05, 3.63) is 118 Å². The number of hydrogen-bond acceptors (Lipinski definition) is 4. The second kappa shape index (κ2) is 13.3. The van der Waals surface area contributed by atoms with Gasteiger partial charge in [-0.3, -0.25) is 14.5 Å². The van der Waals surface area contributed by atoms with Gasteiger partial charge in [-0.05, 0) is 53.1 Å². The number of carbonyl (C=O) groups excluding carboxylic acids is 2. The highest BCUT2D eigenvalue weighted by molar-refractivity contribution is 6.15. The van der Waals surface area contributed by atoms with E-state index in [2.05, 4.69) is 21.9 Å². The third-order valence-electron chi connectivity index (χ3n) is 7.58. The standard InChI is InChI=1S/C33H31F4N3O2/c34-28-8-6-24(18-30(28)36)16-26-21-40(22-27(33(26)42)17-25-7-9-29(35)31(37)19-25)32(41)10-11-38-12-14-39(15-13-38)20-23-4-2-1-3-5-23/h1-9,16-19H,10-15,20-22H2/b26-16-,27-17+.